The first-order valence-electron chi connectivity index (χ1n) is 18.5. The lowest BCUT2D eigenvalue weighted by atomic mass is 9.76. The lowest BCUT2D eigenvalue weighted by Gasteiger charge is -2.38. The summed E-state index contributed by atoms with van der Waals surface area (Å²) in [4.78, 5) is 30.9. The minimum Gasteiger partial charge on any atom is -0.547 e. The molecule has 1 aliphatic heterocycles. The van der Waals surface area contributed by atoms with Crippen molar-refractivity contribution >= 4 is 40.0 Å². The second kappa shape index (κ2) is 15.5. The van der Waals surface area contributed by atoms with E-state index in [0.717, 1.165) is 93.0 Å². The number of aliphatic carboxylic acids is 1. The van der Waals surface area contributed by atoms with E-state index < -0.39 is 29.5 Å². The van der Waals surface area contributed by atoms with Crippen LogP contribution >= 0.6 is 11.3 Å². The Kier molecular flexibility index (Phi) is 10.9. The van der Waals surface area contributed by atoms with Crippen LogP contribution in [0.2, 0.25) is 0 Å². The van der Waals surface area contributed by atoms with Crippen LogP contribution in [0.3, 0.4) is 0 Å². The Morgan fingerprint density at radius 3 is 2.71 bits per heavy atom. The molecular formula is C39H47N6O6S-. The molecule has 1 aromatic carbocycles. The highest BCUT2D eigenvalue weighted by atomic mass is 32.1. The van der Waals surface area contributed by atoms with Crippen LogP contribution < -0.4 is 10.4 Å². The standard InChI is InChI=1S/C39H48N6O6S/c1-44(27-10-8-25(9-11-27)28-17-20-52-37(28)39(51,38(49)50)26-5-2-3-6-26)18-4-19-45-32-14-7-24(21-31(32)42-43-45)22-40-23-34(47)29-12-15-33(46)36-30(29)13-16-35(48)41-36/h7,12-17,20-21,25-27,30,34,40,46-47,51H,2-6,8-11,18-19,22-23H2,1H3,(H,49,50)/p-1/t25?,27?,30?,34-,39+/m0/s1. The summed E-state index contributed by atoms with van der Waals surface area (Å²) in [5, 5.41) is 58.9. The number of allylic oxidation sites excluding steroid dienone is 4. The third-order valence-corrected chi connectivity index (χ3v) is 12.6. The number of aliphatic hydroxyl groups excluding tert-OH is 2. The Labute approximate surface area is 307 Å². The number of aromatic nitrogens is 3. The van der Waals surface area contributed by atoms with Crippen molar-refractivity contribution in [3.63, 3.8) is 0 Å². The molecule has 0 spiro atoms. The van der Waals surface area contributed by atoms with Crippen molar-refractivity contribution in [2.75, 3.05) is 20.1 Å². The van der Waals surface area contributed by atoms with Crippen molar-refractivity contribution < 1.29 is 30.0 Å². The van der Waals surface area contributed by atoms with E-state index in [4.69, 9.17) is 0 Å². The third-order valence-electron chi connectivity index (χ3n) is 11.6. The molecule has 1 unspecified atom stereocenters. The summed E-state index contributed by atoms with van der Waals surface area (Å²) in [6, 6.07) is 8.55. The predicted octanol–water partition coefficient (Wildman–Crippen LogP) is 3.65. The number of carbonyl (C=O) groups excluding carboxylic acids is 2. The molecule has 3 heterocycles. The van der Waals surface area contributed by atoms with Gasteiger partial charge in [0.25, 0.3) is 5.91 Å². The Morgan fingerprint density at radius 1 is 1.15 bits per heavy atom. The molecule has 1 amide bonds. The van der Waals surface area contributed by atoms with Crippen LogP contribution in [0.15, 0.2) is 70.3 Å². The van der Waals surface area contributed by atoms with Crippen molar-refractivity contribution in [3.8, 4) is 0 Å². The maximum absolute atomic E-state index is 12.3. The van der Waals surface area contributed by atoms with Crippen LogP contribution in [0, 0.1) is 11.8 Å². The zero-order valence-corrected chi connectivity index (χ0v) is 30.3. The summed E-state index contributed by atoms with van der Waals surface area (Å²) < 4.78 is 1.95. The Bertz CT molecular complexity index is 1920. The average Bonchev–Trinajstić information content (AvgIpc) is 3.94. The van der Waals surface area contributed by atoms with Crippen molar-refractivity contribution in [1.82, 2.24) is 25.2 Å². The van der Waals surface area contributed by atoms with Gasteiger partial charge in [0.05, 0.1) is 23.3 Å². The second-order valence-electron chi connectivity index (χ2n) is 14.8. The van der Waals surface area contributed by atoms with Crippen LogP contribution in [0.25, 0.3) is 11.0 Å². The van der Waals surface area contributed by atoms with Gasteiger partial charge in [-0.3, -0.25) is 4.79 Å². The number of hydrogen-bond donors (Lipinski definition) is 4. The molecule has 4 aliphatic rings. The smallest absolute Gasteiger partial charge is 0.269 e. The second-order valence-corrected chi connectivity index (χ2v) is 15.7. The van der Waals surface area contributed by atoms with Gasteiger partial charge in [-0.2, -0.15) is 0 Å². The number of dihydropyridines is 1. The van der Waals surface area contributed by atoms with Crippen LogP contribution in [-0.2, 0) is 28.3 Å². The van der Waals surface area contributed by atoms with Crippen molar-refractivity contribution in [1.29, 1.82) is 0 Å². The van der Waals surface area contributed by atoms with Crippen LogP contribution in [0.4, 0.5) is 0 Å². The largest absolute Gasteiger partial charge is 0.547 e. The lowest BCUT2D eigenvalue weighted by Crippen LogP contribution is -2.50. The molecule has 52 heavy (non-hydrogen) atoms. The molecule has 2 aromatic heterocycles. The minimum atomic E-state index is -1.89. The van der Waals surface area contributed by atoms with E-state index in [1.165, 1.54) is 23.5 Å². The first kappa shape index (κ1) is 36.4. The third kappa shape index (κ3) is 7.29. The van der Waals surface area contributed by atoms with Gasteiger partial charge < -0.3 is 35.4 Å². The normalized spacial score (nSPS) is 24.0. The first-order valence-corrected chi connectivity index (χ1v) is 19.4. The van der Waals surface area contributed by atoms with E-state index in [1.54, 1.807) is 12.2 Å². The molecule has 3 aliphatic carbocycles. The number of fused-ring (bicyclic) bond motifs is 2. The molecule has 12 nitrogen and oxygen atoms in total. The van der Waals surface area contributed by atoms with Gasteiger partial charge >= 0.3 is 0 Å². The van der Waals surface area contributed by atoms with E-state index in [-0.39, 0.29) is 29.9 Å². The van der Waals surface area contributed by atoms with Crippen LogP contribution in [0.5, 0.6) is 0 Å². The zero-order chi connectivity index (χ0) is 36.4. The maximum Gasteiger partial charge on any atom is 0.269 e. The van der Waals surface area contributed by atoms with Gasteiger partial charge in [-0.15, -0.1) is 16.4 Å². The van der Waals surface area contributed by atoms with Gasteiger partial charge in [0.1, 0.15) is 16.9 Å². The van der Waals surface area contributed by atoms with Gasteiger partial charge in [-0.05, 0) is 117 Å². The highest BCUT2D eigenvalue weighted by Crippen LogP contribution is 2.47. The number of carboxylic acids is 1. The van der Waals surface area contributed by atoms with Gasteiger partial charge in [-0.25, -0.2) is 9.67 Å². The van der Waals surface area contributed by atoms with Crippen LogP contribution in [0.1, 0.15) is 79.7 Å². The monoisotopic (exact) mass is 727 g/mol. The van der Waals surface area contributed by atoms with Crippen molar-refractivity contribution in [2.45, 2.75) is 94.5 Å². The Balaban J connectivity index is 0.871. The number of nitrogens with zero attached hydrogens (tertiary/aromatic N) is 5. The summed E-state index contributed by atoms with van der Waals surface area (Å²) in [5.41, 5.74) is 2.84. The molecule has 0 saturated heterocycles. The molecule has 3 atom stereocenters. The summed E-state index contributed by atoms with van der Waals surface area (Å²) in [6.45, 7) is 2.47. The average molecular weight is 728 g/mol. The summed E-state index contributed by atoms with van der Waals surface area (Å²) in [5.74, 6) is -2.30. The van der Waals surface area contributed by atoms with Gasteiger partial charge in [0.15, 0.2) is 0 Å². The quantitative estimate of drug-likeness (QED) is 0.192. The number of amides is 1. The molecule has 4 N–H and O–H groups in total. The number of benzene rings is 1. The highest BCUT2D eigenvalue weighted by Gasteiger charge is 2.44. The number of thiophene rings is 1. The predicted molar refractivity (Wildman–Crippen MR) is 197 cm³/mol. The molecule has 276 valence electrons. The number of aliphatic hydroxyl groups is 3. The van der Waals surface area contributed by atoms with Crippen molar-refractivity contribution in [3.05, 3.63) is 81.3 Å². The number of hydrogen-bond acceptors (Lipinski definition) is 11. The molecule has 13 heteroatoms. The number of aliphatic imine (C=N–C) groups is 1. The lowest BCUT2D eigenvalue weighted by molar-refractivity contribution is -0.330. The molecule has 2 saturated carbocycles. The zero-order valence-electron chi connectivity index (χ0n) is 29.5. The molecular weight excluding hydrogens is 681 g/mol. The molecule has 7 rings (SSSR count). The van der Waals surface area contributed by atoms with E-state index >= 15 is 0 Å². The van der Waals surface area contributed by atoms with Crippen molar-refractivity contribution in [2.24, 2.45) is 16.8 Å². The van der Waals surface area contributed by atoms with Gasteiger partial charge in [-0.1, -0.05) is 36.3 Å². The molecule has 3 aromatic rings. The maximum atomic E-state index is 12.3. The van der Waals surface area contributed by atoms with E-state index in [9.17, 15) is 30.0 Å². The minimum absolute atomic E-state index is 0.0594. The highest BCUT2D eigenvalue weighted by molar-refractivity contribution is 7.10. The Morgan fingerprint density at radius 2 is 1.94 bits per heavy atom. The van der Waals surface area contributed by atoms with E-state index in [0.29, 0.717) is 23.0 Å². The first-order chi connectivity index (χ1) is 25.1. The summed E-state index contributed by atoms with van der Waals surface area (Å²) >= 11 is 1.37. The summed E-state index contributed by atoms with van der Waals surface area (Å²) in [6.07, 6.45) is 13.6. The number of carboxylic acid groups (broad SMARTS) is 1. The number of rotatable bonds is 14. The molecule has 0 bridgehead atoms. The number of nitrogens with one attached hydrogen (secondary N) is 1. The SMILES string of the molecule is CN(CCCn1nnc2cc(CNC[C@H](O)C3=CC=C(O)C4=NC(=O)C=CC34)ccc21)C1CCC(c2ccsc2[C@@](O)(C(=O)[O-])C2CCCC2)CC1. The Hall–Kier alpha value is -4.01. The van der Waals surface area contributed by atoms with E-state index in [1.807, 2.05) is 34.3 Å². The fraction of sp³-hybridized carbons (Fsp3) is 0.513. The van der Waals surface area contributed by atoms with Crippen LogP contribution in [-0.4, -0.2) is 85.1 Å². The van der Waals surface area contributed by atoms with E-state index in [2.05, 4.69) is 32.6 Å². The fourth-order valence-electron chi connectivity index (χ4n) is 8.65. The summed E-state index contributed by atoms with van der Waals surface area (Å²) in [7, 11) is 2.18. The molecule has 0 radical (unpaired) electrons. The van der Waals surface area contributed by atoms with Gasteiger partial charge in [0.2, 0.25) is 0 Å². The fourth-order valence-corrected chi connectivity index (χ4v) is 9.80. The number of aryl methyl sites for hydroxylation is 1. The topological polar surface area (TPSA) is 176 Å². The number of carbonyl (C=O) groups is 2. The molecule has 2 fully saturated rings. The van der Waals surface area contributed by atoms with Gasteiger partial charge in [0, 0.05) is 42.5 Å².